The van der Waals surface area contributed by atoms with Crippen LogP contribution in [-0.4, -0.2) is 29.9 Å². The second-order valence-electron chi connectivity index (χ2n) is 4.47. The van der Waals surface area contributed by atoms with E-state index in [1.807, 2.05) is 0 Å². The molecule has 1 fully saturated rings. The van der Waals surface area contributed by atoms with Crippen LogP contribution >= 0.6 is 11.8 Å². The molecule has 6 heteroatoms. The van der Waals surface area contributed by atoms with Crippen molar-refractivity contribution in [2.24, 2.45) is 5.41 Å². The summed E-state index contributed by atoms with van der Waals surface area (Å²) in [4.78, 5) is 21.9. The number of aromatic carboxylic acids is 1. The van der Waals surface area contributed by atoms with E-state index in [9.17, 15) is 9.59 Å². The Hall–Kier alpha value is -1.43. The molecule has 2 rings (SSSR count). The van der Waals surface area contributed by atoms with Crippen LogP contribution in [0.3, 0.4) is 0 Å². The van der Waals surface area contributed by atoms with Crippen molar-refractivity contribution in [3.63, 3.8) is 0 Å². The SMILES string of the molecule is COC(=O)CC1(CSc2ccc(C(=O)O)o2)CC1. The molecule has 0 aromatic carbocycles. The second-order valence-corrected chi connectivity index (χ2v) is 5.45. The summed E-state index contributed by atoms with van der Waals surface area (Å²) in [7, 11) is 1.39. The highest BCUT2D eigenvalue weighted by molar-refractivity contribution is 7.99. The maximum absolute atomic E-state index is 11.2. The minimum Gasteiger partial charge on any atom is -0.475 e. The van der Waals surface area contributed by atoms with Crippen LogP contribution in [0.5, 0.6) is 0 Å². The van der Waals surface area contributed by atoms with E-state index < -0.39 is 5.97 Å². The molecular formula is C12H14O5S. The largest absolute Gasteiger partial charge is 0.475 e. The van der Waals surface area contributed by atoms with E-state index in [4.69, 9.17) is 9.52 Å². The van der Waals surface area contributed by atoms with Gasteiger partial charge in [-0.15, -0.1) is 0 Å². The standard InChI is InChI=1S/C12H14O5S/c1-16-9(13)6-12(4-5-12)7-18-10-3-2-8(17-10)11(14)15/h2-3H,4-7H2,1H3,(H,14,15). The molecule has 0 amide bonds. The molecule has 0 radical (unpaired) electrons. The quantitative estimate of drug-likeness (QED) is 0.632. The van der Waals surface area contributed by atoms with Crippen molar-refractivity contribution in [2.75, 3.05) is 12.9 Å². The van der Waals surface area contributed by atoms with Gasteiger partial charge in [-0.3, -0.25) is 4.79 Å². The predicted molar refractivity (Wildman–Crippen MR) is 64.7 cm³/mol. The van der Waals surface area contributed by atoms with Gasteiger partial charge < -0.3 is 14.3 Å². The summed E-state index contributed by atoms with van der Waals surface area (Å²) in [5.41, 5.74) is 0.00787. The molecule has 1 aromatic heterocycles. The van der Waals surface area contributed by atoms with Gasteiger partial charge in [0.1, 0.15) is 0 Å². The van der Waals surface area contributed by atoms with Gasteiger partial charge in [0, 0.05) is 5.75 Å². The van der Waals surface area contributed by atoms with Crippen molar-refractivity contribution >= 4 is 23.7 Å². The number of methoxy groups -OCH3 is 1. The molecule has 98 valence electrons. The Labute approximate surface area is 108 Å². The molecule has 18 heavy (non-hydrogen) atoms. The highest BCUT2D eigenvalue weighted by Crippen LogP contribution is 2.52. The van der Waals surface area contributed by atoms with Gasteiger partial charge in [0.05, 0.1) is 13.5 Å². The zero-order valence-corrected chi connectivity index (χ0v) is 10.8. The first kappa shape index (κ1) is 13.0. The minimum atomic E-state index is -1.07. The number of ether oxygens (including phenoxy) is 1. The lowest BCUT2D eigenvalue weighted by molar-refractivity contribution is -0.141. The first-order valence-electron chi connectivity index (χ1n) is 5.57. The van der Waals surface area contributed by atoms with Crippen LogP contribution in [0, 0.1) is 5.41 Å². The lowest BCUT2D eigenvalue weighted by Gasteiger charge is -2.11. The number of carbonyl (C=O) groups is 2. The highest BCUT2D eigenvalue weighted by atomic mass is 32.2. The lowest BCUT2D eigenvalue weighted by atomic mass is 10.1. The van der Waals surface area contributed by atoms with E-state index in [1.165, 1.54) is 24.9 Å². The topological polar surface area (TPSA) is 76.7 Å². The average Bonchev–Trinajstić information content (AvgIpc) is 2.92. The van der Waals surface area contributed by atoms with E-state index in [2.05, 4.69) is 4.74 Å². The van der Waals surface area contributed by atoms with Gasteiger partial charge in [-0.25, -0.2) is 4.79 Å². The molecular weight excluding hydrogens is 256 g/mol. The molecule has 0 atom stereocenters. The molecule has 0 spiro atoms. The highest BCUT2D eigenvalue weighted by Gasteiger charge is 2.44. The Balaban J connectivity index is 1.87. The van der Waals surface area contributed by atoms with Gasteiger partial charge in [-0.2, -0.15) is 0 Å². The molecule has 1 N–H and O–H groups in total. The van der Waals surface area contributed by atoms with Gasteiger partial charge in [0.25, 0.3) is 0 Å². The van der Waals surface area contributed by atoms with Crippen molar-refractivity contribution in [1.82, 2.24) is 0 Å². The normalized spacial score (nSPS) is 16.3. The first-order valence-corrected chi connectivity index (χ1v) is 6.56. The smallest absolute Gasteiger partial charge is 0.371 e. The number of carbonyl (C=O) groups excluding carboxylic acids is 1. The van der Waals surface area contributed by atoms with Crippen LogP contribution in [0.2, 0.25) is 0 Å². The Morgan fingerprint density at radius 3 is 2.72 bits per heavy atom. The number of carboxylic acids is 1. The van der Waals surface area contributed by atoms with Crippen LogP contribution in [0.1, 0.15) is 29.8 Å². The van der Waals surface area contributed by atoms with E-state index in [0.29, 0.717) is 11.5 Å². The fraction of sp³-hybridized carbons (Fsp3) is 0.500. The van der Waals surface area contributed by atoms with Crippen molar-refractivity contribution in [1.29, 1.82) is 0 Å². The monoisotopic (exact) mass is 270 g/mol. The van der Waals surface area contributed by atoms with Gasteiger partial charge in [-0.1, -0.05) is 11.8 Å². The fourth-order valence-corrected chi connectivity index (χ4v) is 2.82. The predicted octanol–water partition coefficient (Wildman–Crippen LogP) is 2.41. The van der Waals surface area contributed by atoms with Gasteiger partial charge in [-0.05, 0) is 30.4 Å². The minimum absolute atomic E-state index is 0.00787. The van der Waals surface area contributed by atoms with Gasteiger partial charge in [0.2, 0.25) is 5.76 Å². The number of thioether (sulfide) groups is 1. The molecule has 1 aliphatic rings. The first-order chi connectivity index (χ1) is 8.54. The summed E-state index contributed by atoms with van der Waals surface area (Å²) in [5, 5.41) is 9.30. The maximum atomic E-state index is 11.2. The van der Waals surface area contributed by atoms with Crippen molar-refractivity contribution in [3.8, 4) is 0 Å². The van der Waals surface area contributed by atoms with Crippen molar-refractivity contribution < 1.29 is 23.8 Å². The zero-order chi connectivity index (χ0) is 13.2. The van der Waals surface area contributed by atoms with Crippen molar-refractivity contribution in [3.05, 3.63) is 17.9 Å². The Morgan fingerprint density at radius 2 is 2.22 bits per heavy atom. The zero-order valence-electron chi connectivity index (χ0n) is 9.97. The van der Waals surface area contributed by atoms with E-state index in [1.54, 1.807) is 6.07 Å². The third-order valence-electron chi connectivity index (χ3n) is 3.02. The van der Waals surface area contributed by atoms with Gasteiger partial charge >= 0.3 is 11.9 Å². The summed E-state index contributed by atoms with van der Waals surface area (Å²) in [6, 6.07) is 3.08. The Morgan fingerprint density at radius 1 is 1.50 bits per heavy atom. The molecule has 0 bridgehead atoms. The summed E-state index contributed by atoms with van der Waals surface area (Å²) >= 11 is 1.44. The van der Waals surface area contributed by atoms with Crippen LogP contribution in [-0.2, 0) is 9.53 Å². The third kappa shape index (κ3) is 3.07. The van der Waals surface area contributed by atoms with E-state index >= 15 is 0 Å². The molecule has 0 aliphatic heterocycles. The lowest BCUT2D eigenvalue weighted by Crippen LogP contribution is -2.12. The number of carboxylic acid groups (broad SMARTS) is 1. The summed E-state index contributed by atoms with van der Waals surface area (Å²) < 4.78 is 9.81. The summed E-state index contributed by atoms with van der Waals surface area (Å²) in [6.45, 7) is 0. The molecule has 1 aromatic rings. The van der Waals surface area contributed by atoms with Crippen molar-refractivity contribution in [2.45, 2.75) is 24.4 Å². The van der Waals surface area contributed by atoms with E-state index in [-0.39, 0.29) is 17.1 Å². The molecule has 1 aliphatic carbocycles. The molecule has 0 unspecified atom stereocenters. The Bertz CT molecular complexity index is 461. The Kier molecular flexibility index (Phi) is 3.65. The molecule has 5 nitrogen and oxygen atoms in total. The van der Waals surface area contributed by atoms with Crippen LogP contribution in [0.4, 0.5) is 0 Å². The van der Waals surface area contributed by atoms with E-state index in [0.717, 1.165) is 18.6 Å². The van der Waals surface area contributed by atoms with Crippen LogP contribution in [0.25, 0.3) is 0 Å². The number of hydrogen-bond acceptors (Lipinski definition) is 5. The number of hydrogen-bond donors (Lipinski definition) is 1. The van der Waals surface area contributed by atoms with Crippen LogP contribution in [0.15, 0.2) is 21.6 Å². The number of esters is 1. The molecule has 0 saturated heterocycles. The molecule has 1 heterocycles. The number of furan rings is 1. The van der Waals surface area contributed by atoms with Crippen LogP contribution < -0.4 is 0 Å². The fourth-order valence-electron chi connectivity index (χ4n) is 1.66. The third-order valence-corrected chi connectivity index (χ3v) is 4.28. The maximum Gasteiger partial charge on any atom is 0.371 e. The molecule has 1 saturated carbocycles. The van der Waals surface area contributed by atoms with Gasteiger partial charge in [0.15, 0.2) is 5.09 Å². The average molecular weight is 270 g/mol. The summed E-state index contributed by atoms with van der Waals surface area (Å²) in [5.74, 6) is -0.582. The number of rotatable bonds is 6. The second kappa shape index (κ2) is 5.06. The summed E-state index contributed by atoms with van der Waals surface area (Å²) in [6.07, 6.45) is 2.42.